The monoisotopic (exact) mass is 551 g/mol. The minimum atomic E-state index is -4.67. The van der Waals surface area contributed by atoms with E-state index < -0.39 is 30.6 Å². The number of H-pyrrole nitrogens is 1. The molecule has 0 bridgehead atoms. The molecule has 38 heavy (non-hydrogen) atoms. The SMILES string of the molecule is CC(C)(C)OC(=O)NC[C@@H]1CCC[C@@H]1Nc1ncc(C(F)(F)F)c(-c2c[nH]c3c(P(C)(C)=O)cccc23)n1. The van der Waals surface area contributed by atoms with E-state index in [1.807, 2.05) is 0 Å². The van der Waals surface area contributed by atoms with E-state index in [0.29, 0.717) is 22.8 Å². The van der Waals surface area contributed by atoms with Crippen LogP contribution in [0.3, 0.4) is 0 Å². The van der Waals surface area contributed by atoms with Crippen molar-refractivity contribution in [3.05, 3.63) is 36.2 Å². The Balaban J connectivity index is 1.63. The van der Waals surface area contributed by atoms with E-state index in [9.17, 15) is 22.5 Å². The van der Waals surface area contributed by atoms with Gasteiger partial charge in [0, 0.05) is 41.2 Å². The summed E-state index contributed by atoms with van der Waals surface area (Å²) < 4.78 is 60.1. The lowest BCUT2D eigenvalue weighted by atomic mass is 10.0. The smallest absolute Gasteiger partial charge is 0.419 e. The normalized spacial score (nSPS) is 18.5. The molecule has 4 rings (SSSR count). The molecule has 0 radical (unpaired) electrons. The van der Waals surface area contributed by atoms with Crippen LogP contribution in [-0.4, -0.2) is 52.6 Å². The van der Waals surface area contributed by atoms with Gasteiger partial charge in [0.1, 0.15) is 18.3 Å². The third kappa shape index (κ3) is 6.31. The van der Waals surface area contributed by atoms with E-state index in [2.05, 4.69) is 25.6 Å². The van der Waals surface area contributed by atoms with Crippen molar-refractivity contribution in [1.29, 1.82) is 0 Å². The highest BCUT2D eigenvalue weighted by Crippen LogP contribution is 2.42. The number of aromatic amines is 1. The number of anilines is 1. The molecule has 8 nitrogen and oxygen atoms in total. The lowest BCUT2D eigenvalue weighted by molar-refractivity contribution is -0.137. The fourth-order valence-electron chi connectivity index (χ4n) is 4.81. The molecule has 2 aromatic heterocycles. The zero-order valence-corrected chi connectivity index (χ0v) is 23.0. The number of ether oxygens (including phenoxy) is 1. The number of halogens is 3. The van der Waals surface area contributed by atoms with Gasteiger partial charge in [-0.25, -0.2) is 14.8 Å². The number of aromatic nitrogens is 3. The molecule has 3 aromatic rings. The second-order valence-corrected chi connectivity index (χ2v) is 14.2. The maximum absolute atomic E-state index is 14.0. The van der Waals surface area contributed by atoms with Crippen LogP contribution in [0.2, 0.25) is 0 Å². The van der Waals surface area contributed by atoms with Crippen LogP contribution >= 0.6 is 7.14 Å². The largest absolute Gasteiger partial charge is 0.444 e. The summed E-state index contributed by atoms with van der Waals surface area (Å²) in [7, 11) is -2.69. The van der Waals surface area contributed by atoms with Crippen LogP contribution in [0.4, 0.5) is 23.9 Å². The van der Waals surface area contributed by atoms with E-state index in [1.54, 1.807) is 52.3 Å². The van der Waals surface area contributed by atoms with Crippen molar-refractivity contribution in [3.63, 3.8) is 0 Å². The summed E-state index contributed by atoms with van der Waals surface area (Å²) in [5.41, 5.74) is -1.05. The number of hydrogen-bond donors (Lipinski definition) is 3. The summed E-state index contributed by atoms with van der Waals surface area (Å²) in [6, 6.07) is 4.95. The molecule has 1 aliphatic rings. The van der Waals surface area contributed by atoms with Crippen molar-refractivity contribution in [2.75, 3.05) is 25.2 Å². The number of hydrogen-bond acceptors (Lipinski definition) is 6. The standard InChI is InChI=1S/C26H33F3N5O3P/c1-25(2,3)37-24(35)32-12-15-8-6-10-19(15)33-23-31-14-18(26(27,28)29)21(34-23)17-13-30-22-16(17)9-7-11-20(22)38(4,5)36/h7,9,11,13-15,19,30H,6,8,10,12H2,1-5H3,(H,32,35)(H,31,33,34)/t15-,19-/m0/s1. The highest BCUT2D eigenvalue weighted by molar-refractivity contribution is 7.70. The number of alkyl carbamates (subject to hydrolysis) is 1. The topological polar surface area (TPSA) is 109 Å². The minimum absolute atomic E-state index is 0.0377. The molecule has 0 saturated heterocycles. The van der Waals surface area contributed by atoms with Crippen LogP contribution in [0.1, 0.15) is 45.6 Å². The van der Waals surface area contributed by atoms with Gasteiger partial charge in [0.05, 0.1) is 11.2 Å². The van der Waals surface area contributed by atoms with Crippen LogP contribution < -0.4 is 15.9 Å². The van der Waals surface area contributed by atoms with Gasteiger partial charge in [-0.2, -0.15) is 13.2 Å². The van der Waals surface area contributed by atoms with Gasteiger partial charge in [0.15, 0.2) is 0 Å². The maximum Gasteiger partial charge on any atom is 0.419 e. The first-order valence-electron chi connectivity index (χ1n) is 12.5. The molecule has 0 unspecified atom stereocenters. The molecule has 2 atom stereocenters. The lowest BCUT2D eigenvalue weighted by Crippen LogP contribution is -2.38. The number of benzene rings is 1. The van der Waals surface area contributed by atoms with Crippen LogP contribution in [0, 0.1) is 5.92 Å². The zero-order chi connectivity index (χ0) is 27.9. The Morgan fingerprint density at radius 2 is 1.95 bits per heavy atom. The molecule has 12 heteroatoms. The first-order chi connectivity index (χ1) is 17.6. The molecule has 1 aromatic carbocycles. The molecule has 3 N–H and O–H groups in total. The Kier molecular flexibility index (Phi) is 7.54. The van der Waals surface area contributed by atoms with E-state index >= 15 is 0 Å². The van der Waals surface area contributed by atoms with E-state index in [0.717, 1.165) is 25.5 Å². The Morgan fingerprint density at radius 3 is 2.61 bits per heavy atom. The number of fused-ring (bicyclic) bond motifs is 1. The fourth-order valence-corrected chi connectivity index (χ4v) is 5.98. The predicted molar refractivity (Wildman–Crippen MR) is 142 cm³/mol. The highest BCUT2D eigenvalue weighted by Gasteiger charge is 2.37. The average Bonchev–Trinajstić information content (AvgIpc) is 3.41. The fraction of sp³-hybridized carbons (Fsp3) is 0.500. The van der Waals surface area contributed by atoms with Crippen LogP contribution in [0.25, 0.3) is 22.2 Å². The third-order valence-corrected chi connectivity index (χ3v) is 8.04. The van der Waals surface area contributed by atoms with Crippen molar-refractivity contribution in [3.8, 4) is 11.3 Å². The number of carbonyl (C=O) groups excluding carboxylic acids is 1. The summed E-state index contributed by atoms with van der Waals surface area (Å²) in [6.07, 6.45) is -0.439. The first kappa shape index (κ1) is 28.0. The summed E-state index contributed by atoms with van der Waals surface area (Å²) in [6.45, 7) is 8.94. The molecular weight excluding hydrogens is 518 g/mol. The predicted octanol–water partition coefficient (Wildman–Crippen LogP) is 6.00. The lowest BCUT2D eigenvalue weighted by Gasteiger charge is -2.24. The molecule has 1 amide bonds. The molecule has 206 valence electrons. The van der Waals surface area contributed by atoms with Gasteiger partial charge >= 0.3 is 12.3 Å². The second kappa shape index (κ2) is 10.2. The number of nitrogens with one attached hydrogen (secondary N) is 3. The van der Waals surface area contributed by atoms with E-state index in [4.69, 9.17) is 4.74 Å². The van der Waals surface area contributed by atoms with Gasteiger partial charge in [-0.05, 0) is 58.9 Å². The maximum atomic E-state index is 14.0. The first-order valence-corrected chi connectivity index (χ1v) is 15.1. The molecule has 0 aliphatic heterocycles. The Morgan fingerprint density at radius 1 is 1.21 bits per heavy atom. The number of para-hydroxylation sites is 1. The summed E-state index contributed by atoms with van der Waals surface area (Å²) in [5.74, 6) is 0.111. The van der Waals surface area contributed by atoms with Gasteiger partial charge < -0.3 is 24.9 Å². The van der Waals surface area contributed by atoms with E-state index in [-0.39, 0.29) is 29.2 Å². The van der Waals surface area contributed by atoms with Gasteiger partial charge in [-0.15, -0.1) is 0 Å². The van der Waals surface area contributed by atoms with Gasteiger partial charge in [0.2, 0.25) is 5.95 Å². The average molecular weight is 552 g/mol. The van der Waals surface area contributed by atoms with Crippen molar-refractivity contribution < 1.29 is 27.3 Å². The molecule has 0 spiro atoms. The number of amides is 1. The van der Waals surface area contributed by atoms with Crippen molar-refractivity contribution in [2.45, 2.75) is 57.9 Å². The van der Waals surface area contributed by atoms with Gasteiger partial charge in [-0.3, -0.25) is 0 Å². The molecule has 2 heterocycles. The van der Waals surface area contributed by atoms with Gasteiger partial charge in [-0.1, -0.05) is 18.6 Å². The molecular formula is C26H33F3N5O3P. The molecule has 1 aliphatic carbocycles. The number of carbonyl (C=O) groups is 1. The Bertz CT molecular complexity index is 1380. The Hall–Kier alpha value is -3.07. The van der Waals surface area contributed by atoms with Crippen LogP contribution in [-0.2, 0) is 15.5 Å². The van der Waals surface area contributed by atoms with Crippen LogP contribution in [0.15, 0.2) is 30.6 Å². The van der Waals surface area contributed by atoms with Crippen molar-refractivity contribution >= 4 is 35.4 Å². The number of rotatable bonds is 6. The quantitative estimate of drug-likeness (QED) is 0.325. The number of alkyl halides is 3. The zero-order valence-electron chi connectivity index (χ0n) is 22.1. The minimum Gasteiger partial charge on any atom is -0.444 e. The number of nitrogens with zero attached hydrogens (tertiary/aromatic N) is 2. The van der Waals surface area contributed by atoms with Crippen LogP contribution in [0.5, 0.6) is 0 Å². The summed E-state index contributed by atoms with van der Waals surface area (Å²) >= 11 is 0. The Labute approximate surface area is 219 Å². The summed E-state index contributed by atoms with van der Waals surface area (Å²) in [5, 5.41) is 7.04. The van der Waals surface area contributed by atoms with Crippen molar-refractivity contribution in [1.82, 2.24) is 20.3 Å². The molecule has 1 fully saturated rings. The third-order valence-electron chi connectivity index (χ3n) is 6.50. The summed E-state index contributed by atoms with van der Waals surface area (Å²) in [4.78, 5) is 23.4. The van der Waals surface area contributed by atoms with Gasteiger partial charge in [0.25, 0.3) is 0 Å². The van der Waals surface area contributed by atoms with E-state index in [1.165, 1.54) is 6.20 Å². The highest BCUT2D eigenvalue weighted by atomic mass is 31.2. The second-order valence-electron chi connectivity index (χ2n) is 11.0. The van der Waals surface area contributed by atoms with Crippen molar-refractivity contribution in [2.24, 2.45) is 5.92 Å². The molecule has 1 saturated carbocycles.